The Morgan fingerprint density at radius 3 is 2.40 bits per heavy atom. The minimum absolute atomic E-state index is 0.0311. The number of benzene rings is 1. The van der Waals surface area contributed by atoms with Crippen molar-refractivity contribution in [2.75, 3.05) is 19.3 Å². The smallest absolute Gasteiger partial charge is 0.224 e. The summed E-state index contributed by atoms with van der Waals surface area (Å²) in [6, 6.07) is 5.57. The lowest BCUT2D eigenvalue weighted by molar-refractivity contribution is 0.281. The number of hydrogen-bond donors (Lipinski definition) is 0. The SMILES string of the molecule is CC1CCCN(S(=O)(=O)c2cccc(S(C)(=O)=O)c2)C1. The van der Waals surface area contributed by atoms with Crippen molar-refractivity contribution in [3.63, 3.8) is 0 Å². The molecule has 1 fully saturated rings. The highest BCUT2D eigenvalue weighted by molar-refractivity contribution is 7.91. The van der Waals surface area contributed by atoms with Crippen molar-refractivity contribution in [3.8, 4) is 0 Å². The minimum atomic E-state index is -3.61. The van der Waals surface area contributed by atoms with Crippen LogP contribution in [-0.2, 0) is 19.9 Å². The van der Waals surface area contributed by atoms with Crippen LogP contribution in [0.15, 0.2) is 34.1 Å². The quantitative estimate of drug-likeness (QED) is 0.847. The number of nitrogens with zero attached hydrogens (tertiary/aromatic N) is 1. The zero-order valence-electron chi connectivity index (χ0n) is 11.6. The maximum absolute atomic E-state index is 12.5. The molecule has 1 aromatic rings. The summed E-state index contributed by atoms with van der Waals surface area (Å²) in [5.41, 5.74) is 0. The van der Waals surface area contributed by atoms with E-state index in [0.29, 0.717) is 19.0 Å². The van der Waals surface area contributed by atoms with Gasteiger partial charge in [0.05, 0.1) is 9.79 Å². The van der Waals surface area contributed by atoms with Gasteiger partial charge in [0, 0.05) is 19.3 Å². The number of sulfone groups is 1. The van der Waals surface area contributed by atoms with Crippen LogP contribution in [0.2, 0.25) is 0 Å². The predicted octanol–water partition coefficient (Wildman–Crippen LogP) is 1.51. The Bertz CT molecular complexity index is 695. The number of rotatable bonds is 3. The van der Waals surface area contributed by atoms with E-state index in [2.05, 4.69) is 0 Å². The van der Waals surface area contributed by atoms with Gasteiger partial charge in [-0.3, -0.25) is 0 Å². The third-order valence-electron chi connectivity index (χ3n) is 3.49. The van der Waals surface area contributed by atoms with E-state index in [0.717, 1.165) is 19.1 Å². The number of sulfonamides is 1. The van der Waals surface area contributed by atoms with E-state index in [1.54, 1.807) is 0 Å². The monoisotopic (exact) mass is 317 g/mol. The molecule has 5 nitrogen and oxygen atoms in total. The molecule has 1 aromatic carbocycles. The lowest BCUT2D eigenvalue weighted by atomic mass is 10.0. The molecular weight excluding hydrogens is 298 g/mol. The van der Waals surface area contributed by atoms with Crippen LogP contribution in [0.3, 0.4) is 0 Å². The molecule has 0 bridgehead atoms. The van der Waals surface area contributed by atoms with Crippen LogP contribution in [-0.4, -0.2) is 40.5 Å². The van der Waals surface area contributed by atoms with E-state index in [9.17, 15) is 16.8 Å². The van der Waals surface area contributed by atoms with Crippen LogP contribution >= 0.6 is 0 Å². The molecule has 0 N–H and O–H groups in total. The molecule has 1 heterocycles. The summed E-state index contributed by atoms with van der Waals surface area (Å²) in [6.07, 6.45) is 2.93. The third kappa shape index (κ3) is 3.21. The van der Waals surface area contributed by atoms with Gasteiger partial charge >= 0.3 is 0 Å². The maximum Gasteiger partial charge on any atom is 0.243 e. The zero-order chi connectivity index (χ0) is 15.0. The molecular formula is C13H19NO4S2. The molecule has 0 aliphatic carbocycles. The Morgan fingerprint density at radius 1 is 1.15 bits per heavy atom. The fourth-order valence-electron chi connectivity index (χ4n) is 2.38. The van der Waals surface area contributed by atoms with Gasteiger partial charge in [-0.25, -0.2) is 16.8 Å². The fourth-order valence-corrected chi connectivity index (χ4v) is 4.77. The third-order valence-corrected chi connectivity index (χ3v) is 6.46. The molecule has 1 saturated heterocycles. The summed E-state index contributed by atoms with van der Waals surface area (Å²) >= 11 is 0. The van der Waals surface area contributed by atoms with Crippen LogP contribution in [0.4, 0.5) is 0 Å². The van der Waals surface area contributed by atoms with Crippen molar-refractivity contribution < 1.29 is 16.8 Å². The summed E-state index contributed by atoms with van der Waals surface area (Å²) < 4.78 is 49.6. The van der Waals surface area contributed by atoms with E-state index >= 15 is 0 Å². The van der Waals surface area contributed by atoms with E-state index in [-0.39, 0.29) is 9.79 Å². The standard InChI is InChI=1S/C13H19NO4S2/c1-11-5-4-8-14(10-11)20(17,18)13-7-3-6-12(9-13)19(2,15)16/h3,6-7,9,11H,4-5,8,10H2,1-2H3. The molecule has 0 amide bonds. The van der Waals surface area contributed by atoms with Crippen LogP contribution in [0, 0.1) is 5.92 Å². The molecule has 20 heavy (non-hydrogen) atoms. The molecule has 112 valence electrons. The topological polar surface area (TPSA) is 71.5 Å². The molecule has 0 spiro atoms. The number of hydrogen-bond acceptors (Lipinski definition) is 4. The second kappa shape index (κ2) is 5.46. The first-order valence-corrected chi connectivity index (χ1v) is 9.84. The van der Waals surface area contributed by atoms with Gasteiger partial charge in [-0.05, 0) is 37.0 Å². The molecule has 0 aromatic heterocycles. The summed E-state index contributed by atoms with van der Waals surface area (Å²) in [7, 11) is -7.02. The highest BCUT2D eigenvalue weighted by atomic mass is 32.2. The first-order valence-electron chi connectivity index (χ1n) is 6.51. The normalized spacial score (nSPS) is 21.8. The predicted molar refractivity (Wildman–Crippen MR) is 76.7 cm³/mol. The molecule has 1 atom stereocenters. The summed E-state index contributed by atoms with van der Waals surface area (Å²) in [6.45, 7) is 3.01. The largest absolute Gasteiger partial charge is 0.243 e. The van der Waals surface area contributed by atoms with E-state index in [1.165, 1.54) is 28.6 Å². The van der Waals surface area contributed by atoms with Gasteiger partial charge in [-0.1, -0.05) is 13.0 Å². The Hall–Kier alpha value is -0.920. The Morgan fingerprint density at radius 2 is 1.80 bits per heavy atom. The highest BCUT2D eigenvalue weighted by Gasteiger charge is 2.29. The second-order valence-corrected chi connectivity index (χ2v) is 9.31. The van der Waals surface area contributed by atoms with Crippen molar-refractivity contribution in [2.45, 2.75) is 29.6 Å². The van der Waals surface area contributed by atoms with Gasteiger partial charge < -0.3 is 0 Å². The van der Waals surface area contributed by atoms with Crippen molar-refractivity contribution in [1.82, 2.24) is 4.31 Å². The van der Waals surface area contributed by atoms with Gasteiger partial charge in [-0.15, -0.1) is 0 Å². The van der Waals surface area contributed by atoms with Crippen molar-refractivity contribution >= 4 is 19.9 Å². The van der Waals surface area contributed by atoms with Crippen LogP contribution < -0.4 is 0 Å². The van der Waals surface area contributed by atoms with Crippen molar-refractivity contribution in [2.24, 2.45) is 5.92 Å². The summed E-state index contributed by atoms with van der Waals surface area (Å²) in [5, 5.41) is 0. The molecule has 0 saturated carbocycles. The average Bonchev–Trinajstić information content (AvgIpc) is 2.38. The highest BCUT2D eigenvalue weighted by Crippen LogP contribution is 2.24. The fraction of sp³-hybridized carbons (Fsp3) is 0.538. The van der Waals surface area contributed by atoms with Crippen LogP contribution in [0.1, 0.15) is 19.8 Å². The summed E-state index contributed by atoms with van der Waals surface area (Å²) in [4.78, 5) is 0.0816. The molecule has 1 aliphatic heterocycles. The number of piperidine rings is 1. The van der Waals surface area contributed by atoms with Crippen LogP contribution in [0.5, 0.6) is 0 Å². The van der Waals surface area contributed by atoms with Crippen LogP contribution in [0.25, 0.3) is 0 Å². The van der Waals surface area contributed by atoms with Gasteiger partial charge in [0.1, 0.15) is 0 Å². The van der Waals surface area contributed by atoms with E-state index in [4.69, 9.17) is 0 Å². The average molecular weight is 317 g/mol. The van der Waals surface area contributed by atoms with Crippen molar-refractivity contribution in [1.29, 1.82) is 0 Å². The Balaban J connectivity index is 2.39. The first-order chi connectivity index (χ1) is 9.21. The van der Waals surface area contributed by atoms with Gasteiger partial charge in [0.25, 0.3) is 0 Å². The molecule has 0 radical (unpaired) electrons. The molecule has 1 aliphatic rings. The molecule has 2 rings (SSSR count). The van der Waals surface area contributed by atoms with Crippen molar-refractivity contribution in [3.05, 3.63) is 24.3 Å². The second-order valence-electron chi connectivity index (χ2n) is 5.36. The van der Waals surface area contributed by atoms with Gasteiger partial charge in [-0.2, -0.15) is 4.31 Å². The lowest BCUT2D eigenvalue weighted by Gasteiger charge is -2.30. The maximum atomic E-state index is 12.5. The van der Waals surface area contributed by atoms with Gasteiger partial charge in [0.2, 0.25) is 10.0 Å². The van der Waals surface area contributed by atoms with E-state index < -0.39 is 19.9 Å². The molecule has 1 unspecified atom stereocenters. The minimum Gasteiger partial charge on any atom is -0.224 e. The Kier molecular flexibility index (Phi) is 4.22. The van der Waals surface area contributed by atoms with Gasteiger partial charge in [0.15, 0.2) is 9.84 Å². The molecule has 7 heteroatoms. The zero-order valence-corrected chi connectivity index (χ0v) is 13.2. The lowest BCUT2D eigenvalue weighted by Crippen LogP contribution is -2.39. The summed E-state index contributed by atoms with van der Waals surface area (Å²) in [5.74, 6) is 0.330. The Labute approximate surface area is 120 Å². The first kappa shape index (κ1) is 15.5. The van der Waals surface area contributed by atoms with E-state index in [1.807, 2.05) is 6.92 Å².